The van der Waals surface area contributed by atoms with E-state index in [-0.39, 0.29) is 17.9 Å². The van der Waals surface area contributed by atoms with Gasteiger partial charge >= 0.3 is 12.1 Å². The van der Waals surface area contributed by atoms with Gasteiger partial charge in [-0.05, 0) is 57.0 Å². The molecule has 184 valence electrons. The molecule has 34 heavy (non-hydrogen) atoms. The molecule has 8 nitrogen and oxygen atoms in total. The van der Waals surface area contributed by atoms with E-state index in [4.69, 9.17) is 4.74 Å². The molecule has 2 amide bonds. The summed E-state index contributed by atoms with van der Waals surface area (Å²) in [4.78, 5) is 36.5. The van der Waals surface area contributed by atoms with Gasteiger partial charge in [-0.1, -0.05) is 44.0 Å². The number of ether oxygens (including phenoxy) is 1. The molecule has 0 fully saturated rings. The van der Waals surface area contributed by atoms with E-state index in [0.717, 1.165) is 24.8 Å². The Morgan fingerprint density at radius 3 is 2.29 bits per heavy atom. The fourth-order valence-electron chi connectivity index (χ4n) is 3.26. The molecular weight excluding hydrogens is 434 g/mol. The highest BCUT2D eigenvalue weighted by molar-refractivity contribution is 5.95. The number of carbonyl (C=O) groups is 3. The fraction of sp³-hybridized carbons (Fsp3) is 0.423. The minimum Gasteiger partial charge on any atom is -0.478 e. The topological polar surface area (TPSA) is 117 Å². The molecule has 0 aliphatic heterocycles. The first kappa shape index (κ1) is 26.7. The zero-order valence-corrected chi connectivity index (χ0v) is 20.3. The third-order valence-corrected chi connectivity index (χ3v) is 4.92. The summed E-state index contributed by atoms with van der Waals surface area (Å²) >= 11 is 0. The lowest BCUT2D eigenvalue weighted by Crippen LogP contribution is -2.49. The van der Waals surface area contributed by atoms with Gasteiger partial charge in [0.2, 0.25) is 5.91 Å². The molecule has 4 N–H and O–H groups in total. The highest BCUT2D eigenvalue weighted by Gasteiger charge is 2.24. The molecule has 2 aromatic rings. The van der Waals surface area contributed by atoms with Gasteiger partial charge in [0.15, 0.2) is 0 Å². The first-order chi connectivity index (χ1) is 16.1. The van der Waals surface area contributed by atoms with E-state index >= 15 is 0 Å². The third kappa shape index (κ3) is 9.13. The van der Waals surface area contributed by atoms with Crippen LogP contribution in [0.4, 0.5) is 16.2 Å². The van der Waals surface area contributed by atoms with Gasteiger partial charge in [-0.2, -0.15) is 0 Å². The molecule has 1 atom stereocenters. The van der Waals surface area contributed by atoms with Crippen LogP contribution in [0.25, 0.3) is 0 Å². The molecule has 0 saturated heterocycles. The number of amides is 2. The minimum atomic E-state index is -1.01. The number of hydrogen-bond donors (Lipinski definition) is 4. The van der Waals surface area contributed by atoms with E-state index in [2.05, 4.69) is 22.9 Å². The van der Waals surface area contributed by atoms with E-state index in [1.807, 2.05) is 12.1 Å². The van der Waals surface area contributed by atoms with Crippen molar-refractivity contribution in [2.75, 3.05) is 11.9 Å². The van der Waals surface area contributed by atoms with Gasteiger partial charge in [0.1, 0.15) is 11.6 Å². The Morgan fingerprint density at radius 1 is 1.00 bits per heavy atom. The lowest BCUT2D eigenvalue weighted by Gasteiger charge is -2.23. The fourth-order valence-corrected chi connectivity index (χ4v) is 3.26. The molecule has 8 heteroatoms. The van der Waals surface area contributed by atoms with Crippen LogP contribution in [0, 0.1) is 0 Å². The normalized spacial score (nSPS) is 11.9. The zero-order chi connectivity index (χ0) is 25.1. The van der Waals surface area contributed by atoms with Crippen LogP contribution in [0.2, 0.25) is 0 Å². The van der Waals surface area contributed by atoms with Gasteiger partial charge in [0, 0.05) is 18.7 Å². The van der Waals surface area contributed by atoms with Crippen molar-refractivity contribution in [3.8, 4) is 0 Å². The molecule has 2 rings (SSSR count). The summed E-state index contributed by atoms with van der Waals surface area (Å²) in [6, 6.07) is 13.1. The van der Waals surface area contributed by atoms with Gasteiger partial charge in [-0.25, -0.2) is 9.59 Å². The van der Waals surface area contributed by atoms with Crippen LogP contribution in [-0.4, -0.2) is 41.3 Å². The number of rotatable bonds is 11. The second-order valence-corrected chi connectivity index (χ2v) is 9.07. The highest BCUT2D eigenvalue weighted by atomic mass is 16.6. The molecule has 0 aliphatic carbocycles. The smallest absolute Gasteiger partial charge is 0.408 e. The SMILES string of the molecule is CCCCCNC(=O)C(Cc1ccc(Nc2ccccc2C(=O)O)cc1)NC(=O)OC(C)(C)C. The number of para-hydroxylation sites is 1. The number of aromatic carboxylic acids is 1. The van der Waals surface area contributed by atoms with Crippen molar-refractivity contribution in [2.24, 2.45) is 0 Å². The maximum Gasteiger partial charge on any atom is 0.408 e. The van der Waals surface area contributed by atoms with Crippen LogP contribution in [0.3, 0.4) is 0 Å². The average molecular weight is 470 g/mol. The van der Waals surface area contributed by atoms with Crippen LogP contribution in [0.1, 0.15) is 62.9 Å². The Labute approximate surface area is 201 Å². The lowest BCUT2D eigenvalue weighted by molar-refractivity contribution is -0.123. The number of alkyl carbamates (subject to hydrolysis) is 1. The standard InChI is InChI=1S/C26H35N3O5/c1-5-6-9-16-27-23(30)22(29-25(33)34-26(2,3)4)17-18-12-14-19(15-13-18)28-21-11-8-7-10-20(21)24(31)32/h7-8,10-15,22,28H,5-6,9,16-17H2,1-4H3,(H,27,30)(H,29,33)(H,31,32). The summed E-state index contributed by atoms with van der Waals surface area (Å²) in [6.45, 7) is 7.93. The average Bonchev–Trinajstić information content (AvgIpc) is 2.76. The number of anilines is 2. The van der Waals surface area contributed by atoms with Crippen LogP contribution < -0.4 is 16.0 Å². The molecule has 0 heterocycles. The maximum atomic E-state index is 12.8. The molecule has 1 unspecified atom stereocenters. The lowest BCUT2D eigenvalue weighted by atomic mass is 10.0. The predicted molar refractivity (Wildman–Crippen MR) is 133 cm³/mol. The van der Waals surface area contributed by atoms with Crippen molar-refractivity contribution >= 4 is 29.3 Å². The van der Waals surface area contributed by atoms with Crippen molar-refractivity contribution in [1.29, 1.82) is 0 Å². The van der Waals surface area contributed by atoms with E-state index in [1.165, 1.54) is 6.07 Å². The third-order valence-electron chi connectivity index (χ3n) is 4.92. The van der Waals surface area contributed by atoms with Gasteiger partial charge < -0.3 is 25.8 Å². The van der Waals surface area contributed by atoms with Gasteiger partial charge in [-0.3, -0.25) is 4.79 Å². The number of nitrogens with one attached hydrogen (secondary N) is 3. The van der Waals surface area contributed by atoms with E-state index in [0.29, 0.717) is 17.9 Å². The number of carbonyl (C=O) groups excluding carboxylic acids is 2. The molecule has 2 aromatic carbocycles. The highest BCUT2D eigenvalue weighted by Crippen LogP contribution is 2.21. The predicted octanol–water partition coefficient (Wildman–Crippen LogP) is 4.87. The second kappa shape index (κ2) is 12.6. The van der Waals surface area contributed by atoms with Crippen molar-refractivity contribution < 1.29 is 24.2 Å². The maximum absolute atomic E-state index is 12.8. The molecule has 0 spiro atoms. The van der Waals surface area contributed by atoms with Gasteiger partial charge in [0.05, 0.1) is 11.3 Å². The van der Waals surface area contributed by atoms with Gasteiger partial charge in [0.25, 0.3) is 0 Å². The largest absolute Gasteiger partial charge is 0.478 e. The van der Waals surface area contributed by atoms with Crippen molar-refractivity contribution in [3.05, 3.63) is 59.7 Å². The Balaban J connectivity index is 2.09. The summed E-state index contributed by atoms with van der Waals surface area (Å²) in [7, 11) is 0. The number of carboxylic acids is 1. The monoisotopic (exact) mass is 469 g/mol. The Kier molecular flexibility index (Phi) is 9.92. The summed E-state index contributed by atoms with van der Waals surface area (Å²) in [5.41, 5.74) is 1.53. The number of carboxylic acid groups (broad SMARTS) is 1. The zero-order valence-electron chi connectivity index (χ0n) is 20.3. The van der Waals surface area contributed by atoms with E-state index < -0.39 is 23.7 Å². The molecule has 0 bridgehead atoms. The molecule has 0 aromatic heterocycles. The van der Waals surface area contributed by atoms with Crippen LogP contribution in [0.5, 0.6) is 0 Å². The van der Waals surface area contributed by atoms with Crippen LogP contribution in [-0.2, 0) is 16.0 Å². The Bertz CT molecular complexity index is 967. The summed E-state index contributed by atoms with van der Waals surface area (Å²) < 4.78 is 5.33. The van der Waals surface area contributed by atoms with Gasteiger partial charge in [-0.15, -0.1) is 0 Å². The minimum absolute atomic E-state index is 0.174. The summed E-state index contributed by atoms with van der Waals surface area (Å²) in [6.07, 6.45) is 2.57. The first-order valence-electron chi connectivity index (χ1n) is 11.5. The quantitative estimate of drug-likeness (QED) is 0.349. The molecule has 0 saturated carbocycles. The molecule has 0 aliphatic rings. The van der Waals surface area contributed by atoms with E-state index in [1.54, 1.807) is 51.1 Å². The van der Waals surface area contributed by atoms with Crippen LogP contribution >= 0.6 is 0 Å². The Hall–Kier alpha value is -3.55. The van der Waals surface area contributed by atoms with E-state index in [9.17, 15) is 19.5 Å². The van der Waals surface area contributed by atoms with Crippen LogP contribution in [0.15, 0.2) is 48.5 Å². The number of unbranched alkanes of at least 4 members (excludes halogenated alkanes) is 2. The second-order valence-electron chi connectivity index (χ2n) is 9.07. The number of benzene rings is 2. The van der Waals surface area contributed by atoms with Crippen molar-refractivity contribution in [2.45, 2.75) is 65.0 Å². The van der Waals surface area contributed by atoms with Crippen molar-refractivity contribution in [1.82, 2.24) is 10.6 Å². The number of hydrogen-bond acceptors (Lipinski definition) is 5. The van der Waals surface area contributed by atoms with Crippen molar-refractivity contribution in [3.63, 3.8) is 0 Å². The first-order valence-corrected chi connectivity index (χ1v) is 11.5. The summed E-state index contributed by atoms with van der Waals surface area (Å²) in [5, 5.41) is 18.0. The molecule has 0 radical (unpaired) electrons. The summed E-state index contributed by atoms with van der Waals surface area (Å²) in [5.74, 6) is -1.28. The molecular formula is C26H35N3O5. The Morgan fingerprint density at radius 2 is 1.68 bits per heavy atom.